The van der Waals surface area contributed by atoms with Gasteiger partial charge in [-0.25, -0.2) is 17.9 Å². The van der Waals surface area contributed by atoms with Gasteiger partial charge in [0.2, 0.25) is 10.0 Å². The molecule has 0 aliphatic heterocycles. The molecule has 3 rings (SSSR count). The molecular formula is C24H22N2O4S. The van der Waals surface area contributed by atoms with Crippen LogP contribution in [0.15, 0.2) is 77.7 Å². The van der Waals surface area contributed by atoms with Crippen molar-refractivity contribution in [2.45, 2.75) is 24.8 Å². The van der Waals surface area contributed by atoms with Gasteiger partial charge in [0, 0.05) is 6.54 Å². The molecule has 0 aromatic heterocycles. The third-order valence-corrected chi connectivity index (χ3v) is 6.06. The molecule has 6 nitrogen and oxygen atoms in total. The van der Waals surface area contributed by atoms with Gasteiger partial charge in [0.25, 0.3) is 0 Å². The van der Waals surface area contributed by atoms with Crippen molar-refractivity contribution < 1.29 is 17.9 Å². The van der Waals surface area contributed by atoms with E-state index in [2.05, 4.69) is 10.8 Å². The molecular weight excluding hydrogens is 412 g/mol. The molecule has 0 spiro atoms. The van der Waals surface area contributed by atoms with Gasteiger partial charge in [-0.1, -0.05) is 55.5 Å². The summed E-state index contributed by atoms with van der Waals surface area (Å²) in [6, 6.07) is 22.7. The molecule has 1 N–H and O–H groups in total. The lowest BCUT2D eigenvalue weighted by atomic mass is 9.99. The fraction of sp³-hybridized carbons (Fsp3) is 0.167. The van der Waals surface area contributed by atoms with E-state index in [1.807, 2.05) is 49.4 Å². The highest BCUT2D eigenvalue weighted by Gasteiger charge is 2.16. The quantitative estimate of drug-likeness (QED) is 0.534. The molecule has 31 heavy (non-hydrogen) atoms. The van der Waals surface area contributed by atoms with Crippen molar-refractivity contribution in [3.05, 3.63) is 89.5 Å². The first-order valence-electron chi connectivity index (χ1n) is 9.80. The van der Waals surface area contributed by atoms with Crippen LogP contribution < -0.4 is 4.72 Å². The Hall–Kier alpha value is -3.47. The van der Waals surface area contributed by atoms with Crippen LogP contribution in [0.3, 0.4) is 0 Å². The summed E-state index contributed by atoms with van der Waals surface area (Å²) in [6.45, 7) is 2.24. The van der Waals surface area contributed by atoms with E-state index in [0.29, 0.717) is 18.5 Å². The summed E-state index contributed by atoms with van der Waals surface area (Å²) in [5.41, 5.74) is 3.26. The van der Waals surface area contributed by atoms with E-state index in [4.69, 9.17) is 4.74 Å². The Morgan fingerprint density at radius 2 is 1.77 bits per heavy atom. The van der Waals surface area contributed by atoms with Crippen LogP contribution in [0.1, 0.15) is 34.8 Å². The maximum absolute atomic E-state index is 12.4. The predicted octanol–water partition coefficient (Wildman–Crippen LogP) is 4.27. The summed E-state index contributed by atoms with van der Waals surface area (Å²) >= 11 is 0. The van der Waals surface area contributed by atoms with Crippen LogP contribution in [-0.4, -0.2) is 20.9 Å². The Labute approximate surface area is 182 Å². The molecule has 0 radical (unpaired) electrons. The molecule has 3 aromatic carbocycles. The molecule has 0 atom stereocenters. The fourth-order valence-electron chi connectivity index (χ4n) is 2.96. The molecule has 0 fully saturated rings. The summed E-state index contributed by atoms with van der Waals surface area (Å²) in [4.78, 5) is 12.4. The van der Waals surface area contributed by atoms with Crippen LogP contribution in [-0.2, 0) is 21.4 Å². The number of benzene rings is 3. The van der Waals surface area contributed by atoms with Gasteiger partial charge in [0.1, 0.15) is 6.61 Å². The van der Waals surface area contributed by atoms with E-state index in [1.54, 1.807) is 6.07 Å². The van der Waals surface area contributed by atoms with Gasteiger partial charge in [0.05, 0.1) is 22.1 Å². The average molecular weight is 435 g/mol. The molecule has 0 aliphatic carbocycles. The van der Waals surface area contributed by atoms with Crippen molar-refractivity contribution in [3.8, 4) is 17.2 Å². The zero-order valence-corrected chi connectivity index (χ0v) is 17.9. The maximum atomic E-state index is 12.4. The highest BCUT2D eigenvalue weighted by Crippen LogP contribution is 2.23. The van der Waals surface area contributed by atoms with E-state index >= 15 is 0 Å². The van der Waals surface area contributed by atoms with Crippen molar-refractivity contribution >= 4 is 16.0 Å². The van der Waals surface area contributed by atoms with Crippen molar-refractivity contribution in [1.82, 2.24) is 4.72 Å². The van der Waals surface area contributed by atoms with Gasteiger partial charge in [-0.3, -0.25) is 0 Å². The minimum absolute atomic E-state index is 0.0240. The number of carbonyl (C=O) groups excluding carboxylic acids is 1. The highest BCUT2D eigenvalue weighted by molar-refractivity contribution is 7.89. The molecule has 0 saturated heterocycles. The minimum atomic E-state index is -3.66. The highest BCUT2D eigenvalue weighted by atomic mass is 32.2. The number of hydrogen-bond donors (Lipinski definition) is 1. The van der Waals surface area contributed by atoms with Crippen LogP contribution in [0.4, 0.5) is 0 Å². The maximum Gasteiger partial charge on any atom is 0.338 e. The summed E-state index contributed by atoms with van der Waals surface area (Å²) in [5, 5.41) is 9.25. The van der Waals surface area contributed by atoms with Gasteiger partial charge in [0.15, 0.2) is 0 Å². The van der Waals surface area contributed by atoms with Crippen LogP contribution >= 0.6 is 0 Å². The van der Waals surface area contributed by atoms with E-state index in [-0.39, 0.29) is 17.1 Å². The van der Waals surface area contributed by atoms with E-state index in [0.717, 1.165) is 16.7 Å². The van der Waals surface area contributed by atoms with Crippen molar-refractivity contribution in [1.29, 1.82) is 5.26 Å². The first kappa shape index (κ1) is 22.2. The largest absolute Gasteiger partial charge is 0.457 e. The standard InChI is InChI=1S/C24H22N2O4S/c1-2-14-26-31(28,29)22-8-5-7-20(15-22)24(27)30-17-18-10-12-19(13-11-18)23-9-4-3-6-21(23)16-25/h3-13,15,26H,2,14,17H2,1H3. The monoisotopic (exact) mass is 434 g/mol. The topological polar surface area (TPSA) is 96.3 Å². The van der Waals surface area contributed by atoms with E-state index in [1.165, 1.54) is 24.3 Å². The Morgan fingerprint density at radius 3 is 2.48 bits per heavy atom. The molecule has 0 heterocycles. The van der Waals surface area contributed by atoms with E-state index in [9.17, 15) is 18.5 Å². The normalized spacial score (nSPS) is 11.0. The van der Waals surface area contributed by atoms with Crippen LogP contribution in [0, 0.1) is 11.3 Å². The number of carbonyl (C=O) groups is 1. The fourth-order valence-corrected chi connectivity index (χ4v) is 4.13. The molecule has 0 unspecified atom stereocenters. The molecule has 3 aromatic rings. The molecule has 0 aliphatic rings. The number of nitrogens with zero attached hydrogens (tertiary/aromatic N) is 1. The van der Waals surface area contributed by atoms with Crippen molar-refractivity contribution in [2.24, 2.45) is 0 Å². The van der Waals surface area contributed by atoms with Crippen LogP contribution in [0.5, 0.6) is 0 Å². The zero-order chi connectivity index (χ0) is 22.3. The molecule has 0 bridgehead atoms. The van der Waals surface area contributed by atoms with Crippen molar-refractivity contribution in [2.75, 3.05) is 6.54 Å². The number of esters is 1. The summed E-state index contributed by atoms with van der Waals surface area (Å²) in [5.74, 6) is -0.605. The van der Waals surface area contributed by atoms with E-state index < -0.39 is 16.0 Å². The van der Waals surface area contributed by atoms with Gasteiger partial charge in [-0.2, -0.15) is 5.26 Å². The van der Waals surface area contributed by atoms with Crippen molar-refractivity contribution in [3.63, 3.8) is 0 Å². The first-order chi connectivity index (χ1) is 14.9. The first-order valence-corrected chi connectivity index (χ1v) is 11.3. The summed E-state index contributed by atoms with van der Waals surface area (Å²) < 4.78 is 32.3. The SMILES string of the molecule is CCCNS(=O)(=O)c1cccc(C(=O)OCc2ccc(-c3ccccc3C#N)cc2)c1. The smallest absolute Gasteiger partial charge is 0.338 e. The number of ether oxygens (including phenoxy) is 1. The number of sulfonamides is 1. The lowest BCUT2D eigenvalue weighted by Crippen LogP contribution is -2.24. The Morgan fingerprint density at radius 1 is 1.03 bits per heavy atom. The average Bonchev–Trinajstić information content (AvgIpc) is 2.81. The summed E-state index contributed by atoms with van der Waals surface area (Å²) in [6.07, 6.45) is 0.669. The molecule has 158 valence electrons. The molecule has 0 saturated carbocycles. The predicted molar refractivity (Wildman–Crippen MR) is 118 cm³/mol. The third kappa shape index (κ3) is 5.57. The number of hydrogen-bond acceptors (Lipinski definition) is 5. The van der Waals surface area contributed by atoms with Gasteiger partial charge >= 0.3 is 5.97 Å². The van der Waals surface area contributed by atoms with Gasteiger partial charge in [-0.05, 0) is 47.4 Å². The van der Waals surface area contributed by atoms with Crippen LogP contribution in [0.2, 0.25) is 0 Å². The molecule has 7 heteroatoms. The number of rotatable bonds is 8. The summed E-state index contributed by atoms with van der Waals surface area (Å²) in [7, 11) is -3.66. The Balaban J connectivity index is 1.67. The third-order valence-electron chi connectivity index (χ3n) is 4.60. The van der Waals surface area contributed by atoms with Gasteiger partial charge < -0.3 is 4.74 Å². The molecule has 0 amide bonds. The van der Waals surface area contributed by atoms with Gasteiger partial charge in [-0.15, -0.1) is 0 Å². The second-order valence-corrected chi connectivity index (χ2v) is 8.62. The van der Waals surface area contributed by atoms with Crippen LogP contribution in [0.25, 0.3) is 11.1 Å². The Bertz CT molecular complexity index is 1210. The second-order valence-electron chi connectivity index (χ2n) is 6.86. The minimum Gasteiger partial charge on any atom is -0.457 e. The lowest BCUT2D eigenvalue weighted by molar-refractivity contribution is 0.0472. The number of nitriles is 1. The second kappa shape index (κ2) is 10.0. The Kier molecular flexibility index (Phi) is 7.19. The lowest BCUT2D eigenvalue weighted by Gasteiger charge is -2.09. The number of nitrogens with one attached hydrogen (secondary N) is 1. The zero-order valence-electron chi connectivity index (χ0n) is 17.0.